The number of nitrogens with one attached hydrogen (secondary N) is 1. The first-order valence-electron chi connectivity index (χ1n) is 5.48. The summed E-state index contributed by atoms with van der Waals surface area (Å²) in [6, 6.07) is 0. The Morgan fingerprint density at radius 3 is 2.53 bits per heavy atom. The quantitative estimate of drug-likeness (QED) is 0.745. The van der Waals surface area contributed by atoms with Crippen molar-refractivity contribution in [3.05, 3.63) is 35.7 Å². The monoisotopic (exact) mass is 204 g/mol. The highest BCUT2D eigenvalue weighted by Crippen LogP contribution is 2.15. The molecule has 0 amide bonds. The van der Waals surface area contributed by atoms with Gasteiger partial charge in [-0.25, -0.2) is 0 Å². The van der Waals surface area contributed by atoms with Crippen molar-refractivity contribution in [2.75, 3.05) is 0 Å². The van der Waals surface area contributed by atoms with E-state index in [1.165, 1.54) is 5.57 Å². The first-order chi connectivity index (χ1) is 7.09. The van der Waals surface area contributed by atoms with Crippen LogP contribution < -0.4 is 0 Å². The summed E-state index contributed by atoms with van der Waals surface area (Å²) in [5, 5.41) is 6.71. The minimum atomic E-state index is 0.565. The predicted molar refractivity (Wildman–Crippen MR) is 65.4 cm³/mol. The second-order valence-corrected chi connectivity index (χ2v) is 4.43. The third kappa shape index (κ3) is 4.15. The Hall–Kier alpha value is -1.31. The second-order valence-electron chi connectivity index (χ2n) is 4.43. The highest BCUT2D eigenvalue weighted by Gasteiger charge is 2.00. The van der Waals surface area contributed by atoms with Crippen molar-refractivity contribution in [3.8, 4) is 0 Å². The molecule has 0 saturated carbocycles. The summed E-state index contributed by atoms with van der Waals surface area (Å²) in [5.41, 5.74) is 2.50. The summed E-state index contributed by atoms with van der Waals surface area (Å²) < 4.78 is 0. The Labute approximate surface area is 92.1 Å². The maximum absolute atomic E-state index is 3.91. The zero-order chi connectivity index (χ0) is 11.3. The van der Waals surface area contributed by atoms with Crippen LogP contribution >= 0.6 is 0 Å². The molecule has 1 aromatic heterocycles. The van der Waals surface area contributed by atoms with Crippen LogP contribution in [0.3, 0.4) is 0 Å². The highest BCUT2D eigenvalue weighted by molar-refractivity contribution is 5.51. The third-order valence-electron chi connectivity index (χ3n) is 2.18. The Bertz CT molecular complexity index is 329. The minimum Gasteiger partial charge on any atom is -0.285 e. The third-order valence-corrected chi connectivity index (χ3v) is 2.18. The number of aromatic nitrogens is 2. The Balaban J connectivity index is 2.75. The van der Waals surface area contributed by atoms with Gasteiger partial charge in [0.25, 0.3) is 0 Å². The van der Waals surface area contributed by atoms with E-state index in [1.54, 1.807) is 0 Å². The van der Waals surface area contributed by atoms with E-state index in [1.807, 2.05) is 12.4 Å². The van der Waals surface area contributed by atoms with Crippen molar-refractivity contribution in [2.24, 2.45) is 11.8 Å². The molecule has 0 aliphatic carbocycles. The van der Waals surface area contributed by atoms with Gasteiger partial charge in [-0.15, -0.1) is 0 Å². The topological polar surface area (TPSA) is 28.7 Å². The molecule has 2 heteroatoms. The number of hydrogen-bond donors (Lipinski definition) is 1. The van der Waals surface area contributed by atoms with Crippen LogP contribution in [-0.4, -0.2) is 10.2 Å². The van der Waals surface area contributed by atoms with Gasteiger partial charge in [-0.2, -0.15) is 5.10 Å². The fourth-order valence-electron chi connectivity index (χ4n) is 1.37. The largest absolute Gasteiger partial charge is 0.285 e. The zero-order valence-corrected chi connectivity index (χ0v) is 9.99. The predicted octanol–water partition coefficient (Wildman–Crippen LogP) is 3.66. The summed E-state index contributed by atoms with van der Waals surface area (Å²) in [7, 11) is 0. The van der Waals surface area contributed by atoms with E-state index in [4.69, 9.17) is 0 Å². The van der Waals surface area contributed by atoms with E-state index in [-0.39, 0.29) is 0 Å². The molecule has 0 bridgehead atoms. The zero-order valence-electron chi connectivity index (χ0n) is 9.99. The molecule has 0 radical (unpaired) electrons. The molecule has 0 aliphatic rings. The molecule has 0 saturated heterocycles. The maximum Gasteiger partial charge on any atom is 0.0559 e. The molecule has 1 N–H and O–H groups in total. The van der Waals surface area contributed by atoms with Crippen molar-refractivity contribution in [1.29, 1.82) is 0 Å². The lowest BCUT2D eigenvalue weighted by molar-refractivity contribution is 0.750. The van der Waals surface area contributed by atoms with Crippen LogP contribution in [0, 0.1) is 11.8 Å². The first kappa shape index (κ1) is 11.8. The Morgan fingerprint density at radius 2 is 2.07 bits per heavy atom. The van der Waals surface area contributed by atoms with Crippen molar-refractivity contribution in [2.45, 2.75) is 27.7 Å². The fraction of sp³-hybridized carbons (Fsp3) is 0.462. The molecule has 0 unspecified atom stereocenters. The molecule has 1 heterocycles. The lowest BCUT2D eigenvalue weighted by Gasteiger charge is -2.08. The van der Waals surface area contributed by atoms with Gasteiger partial charge in [0, 0.05) is 11.8 Å². The Morgan fingerprint density at radius 1 is 1.33 bits per heavy atom. The van der Waals surface area contributed by atoms with E-state index in [0.29, 0.717) is 11.8 Å². The van der Waals surface area contributed by atoms with Crippen LogP contribution in [0.1, 0.15) is 33.3 Å². The van der Waals surface area contributed by atoms with E-state index < -0.39 is 0 Å². The van der Waals surface area contributed by atoms with Gasteiger partial charge in [-0.1, -0.05) is 45.9 Å². The molecule has 2 nitrogen and oxygen atoms in total. The maximum atomic E-state index is 3.91. The second kappa shape index (κ2) is 5.54. The van der Waals surface area contributed by atoms with Crippen molar-refractivity contribution >= 4 is 6.08 Å². The van der Waals surface area contributed by atoms with Crippen LogP contribution in [-0.2, 0) is 0 Å². The number of aromatic amines is 1. The first-order valence-corrected chi connectivity index (χ1v) is 5.48. The molecule has 1 rings (SSSR count). The van der Waals surface area contributed by atoms with E-state index >= 15 is 0 Å². The van der Waals surface area contributed by atoms with Crippen LogP contribution in [0.4, 0.5) is 0 Å². The fourth-order valence-corrected chi connectivity index (χ4v) is 1.37. The average molecular weight is 204 g/mol. The molecule has 0 aromatic carbocycles. The lowest BCUT2D eigenvalue weighted by atomic mass is 9.98. The van der Waals surface area contributed by atoms with Gasteiger partial charge < -0.3 is 0 Å². The van der Waals surface area contributed by atoms with E-state index in [0.717, 1.165) is 5.56 Å². The van der Waals surface area contributed by atoms with Gasteiger partial charge in [0.1, 0.15) is 0 Å². The number of allylic oxidation sites excluding steroid dienone is 3. The van der Waals surface area contributed by atoms with Crippen LogP contribution in [0.2, 0.25) is 0 Å². The molecule has 0 spiro atoms. The van der Waals surface area contributed by atoms with E-state index in [9.17, 15) is 0 Å². The summed E-state index contributed by atoms with van der Waals surface area (Å²) in [6.07, 6.45) is 10.3. The summed E-state index contributed by atoms with van der Waals surface area (Å²) >= 11 is 0. The smallest absolute Gasteiger partial charge is 0.0559 e. The SMILES string of the molecule is CC(C)/C=C(/C=C\c1cn[nH]c1)C(C)C. The summed E-state index contributed by atoms with van der Waals surface area (Å²) in [5.74, 6) is 1.16. The lowest BCUT2D eigenvalue weighted by Crippen LogP contribution is -1.93. The molecule has 0 aliphatic heterocycles. The molecule has 0 fully saturated rings. The Kier molecular flexibility index (Phi) is 4.35. The molecular formula is C13H20N2. The van der Waals surface area contributed by atoms with Crippen LogP contribution in [0.15, 0.2) is 30.1 Å². The number of hydrogen-bond acceptors (Lipinski definition) is 1. The van der Waals surface area contributed by atoms with E-state index in [2.05, 4.69) is 56.1 Å². The van der Waals surface area contributed by atoms with Crippen molar-refractivity contribution < 1.29 is 0 Å². The van der Waals surface area contributed by atoms with Gasteiger partial charge in [0.05, 0.1) is 6.20 Å². The molecule has 1 aromatic rings. The number of rotatable bonds is 4. The standard InChI is InChI=1S/C13H20N2/c1-10(2)7-13(11(3)4)6-5-12-8-14-15-9-12/h5-11H,1-4H3,(H,14,15)/b6-5-,13-7-. The van der Waals surface area contributed by atoms with Crippen LogP contribution in [0.5, 0.6) is 0 Å². The highest BCUT2D eigenvalue weighted by atomic mass is 15.1. The van der Waals surface area contributed by atoms with Crippen molar-refractivity contribution in [3.63, 3.8) is 0 Å². The number of nitrogens with zero attached hydrogens (tertiary/aromatic N) is 1. The van der Waals surface area contributed by atoms with Gasteiger partial charge in [-0.05, 0) is 17.4 Å². The van der Waals surface area contributed by atoms with Gasteiger partial charge in [0.2, 0.25) is 0 Å². The van der Waals surface area contributed by atoms with Crippen molar-refractivity contribution in [1.82, 2.24) is 10.2 Å². The average Bonchev–Trinajstić information content (AvgIpc) is 2.63. The minimum absolute atomic E-state index is 0.565. The van der Waals surface area contributed by atoms with Crippen LogP contribution in [0.25, 0.3) is 6.08 Å². The normalized spacial score (nSPS) is 13.3. The van der Waals surface area contributed by atoms with Gasteiger partial charge in [-0.3, -0.25) is 5.10 Å². The van der Waals surface area contributed by atoms with Gasteiger partial charge >= 0.3 is 0 Å². The molecule has 0 atom stereocenters. The molecule has 82 valence electrons. The summed E-state index contributed by atoms with van der Waals surface area (Å²) in [4.78, 5) is 0. The van der Waals surface area contributed by atoms with Gasteiger partial charge in [0.15, 0.2) is 0 Å². The number of H-pyrrole nitrogens is 1. The molecule has 15 heavy (non-hydrogen) atoms. The summed E-state index contributed by atoms with van der Waals surface area (Å²) in [6.45, 7) is 8.84. The molecular weight excluding hydrogens is 184 g/mol.